The molecule has 0 bridgehead atoms. The summed E-state index contributed by atoms with van der Waals surface area (Å²) in [7, 11) is 3.01. The number of methoxy groups -OCH3 is 2. The molecule has 2 N–H and O–H groups in total. The number of amides is 3. The quantitative estimate of drug-likeness (QED) is 0.693. The van der Waals surface area contributed by atoms with Crippen molar-refractivity contribution in [2.24, 2.45) is 0 Å². The van der Waals surface area contributed by atoms with E-state index in [1.807, 2.05) is 26.0 Å². The lowest BCUT2D eigenvalue weighted by atomic mass is 10.1. The third-order valence-corrected chi connectivity index (χ3v) is 4.04. The average molecular weight is 400 g/mol. The van der Waals surface area contributed by atoms with Gasteiger partial charge in [0.15, 0.2) is 18.1 Å². The molecule has 8 heteroatoms. The van der Waals surface area contributed by atoms with Crippen molar-refractivity contribution in [3.63, 3.8) is 0 Å². The van der Waals surface area contributed by atoms with Crippen molar-refractivity contribution in [1.29, 1.82) is 0 Å². The number of urea groups is 1. The number of aryl methyl sites for hydroxylation is 2. The normalized spacial score (nSPS) is 10.1. The molecule has 0 saturated carbocycles. The molecule has 0 heterocycles. The van der Waals surface area contributed by atoms with Crippen LogP contribution >= 0.6 is 0 Å². The minimum Gasteiger partial charge on any atom is -0.493 e. The molecule has 0 radical (unpaired) electrons. The topological polar surface area (TPSA) is 103 Å². The summed E-state index contributed by atoms with van der Waals surface area (Å²) < 4.78 is 15.2. The van der Waals surface area contributed by atoms with Gasteiger partial charge in [0.1, 0.15) is 0 Å². The Morgan fingerprint density at radius 1 is 0.931 bits per heavy atom. The predicted molar refractivity (Wildman–Crippen MR) is 107 cm³/mol. The van der Waals surface area contributed by atoms with Crippen molar-refractivity contribution in [1.82, 2.24) is 5.32 Å². The van der Waals surface area contributed by atoms with Gasteiger partial charge in [0.2, 0.25) is 0 Å². The standard InChI is InChI=1S/C21H24N2O6/c1-13-5-7-16(14(2)9-13)22-21(26)23-19(24)12-29-20(25)11-15-6-8-17(27-3)18(10-15)28-4/h5-10H,11-12H2,1-4H3,(H2,22,23,24,26). The van der Waals surface area contributed by atoms with Gasteiger partial charge in [-0.25, -0.2) is 4.79 Å². The maximum absolute atomic E-state index is 11.9. The molecule has 0 fully saturated rings. The largest absolute Gasteiger partial charge is 0.493 e. The Labute approximate surface area is 169 Å². The Kier molecular flexibility index (Phi) is 7.59. The fraction of sp³-hybridized carbons (Fsp3) is 0.286. The van der Waals surface area contributed by atoms with Crippen LogP contribution in [0.2, 0.25) is 0 Å². The van der Waals surface area contributed by atoms with Gasteiger partial charge in [-0.1, -0.05) is 23.8 Å². The summed E-state index contributed by atoms with van der Waals surface area (Å²) >= 11 is 0. The number of ether oxygens (including phenoxy) is 3. The van der Waals surface area contributed by atoms with Crippen LogP contribution in [0.25, 0.3) is 0 Å². The second-order valence-corrected chi connectivity index (χ2v) is 6.35. The van der Waals surface area contributed by atoms with Crippen LogP contribution in [0.3, 0.4) is 0 Å². The summed E-state index contributed by atoms with van der Waals surface area (Å²) in [4.78, 5) is 35.7. The van der Waals surface area contributed by atoms with Crippen molar-refractivity contribution >= 4 is 23.6 Å². The first kappa shape index (κ1) is 21.7. The molecule has 0 aromatic heterocycles. The van der Waals surface area contributed by atoms with Crippen LogP contribution in [0, 0.1) is 13.8 Å². The molecule has 0 aliphatic carbocycles. The smallest absolute Gasteiger partial charge is 0.325 e. The zero-order valence-corrected chi connectivity index (χ0v) is 16.8. The molecular formula is C21H24N2O6. The van der Waals surface area contributed by atoms with Gasteiger partial charge in [-0.3, -0.25) is 14.9 Å². The average Bonchev–Trinajstić information content (AvgIpc) is 2.68. The van der Waals surface area contributed by atoms with Crippen molar-refractivity contribution in [3.8, 4) is 11.5 Å². The lowest BCUT2D eigenvalue weighted by Gasteiger charge is -2.11. The van der Waals surface area contributed by atoms with E-state index in [9.17, 15) is 14.4 Å². The van der Waals surface area contributed by atoms with E-state index in [1.165, 1.54) is 14.2 Å². The van der Waals surface area contributed by atoms with Crippen LogP contribution in [0.15, 0.2) is 36.4 Å². The number of esters is 1. The van der Waals surface area contributed by atoms with Crippen LogP contribution < -0.4 is 20.1 Å². The van der Waals surface area contributed by atoms with Gasteiger partial charge in [-0.05, 0) is 43.2 Å². The van der Waals surface area contributed by atoms with Crippen molar-refractivity contribution in [3.05, 3.63) is 53.1 Å². The SMILES string of the molecule is COc1ccc(CC(=O)OCC(=O)NC(=O)Nc2ccc(C)cc2C)cc1OC. The van der Waals surface area contributed by atoms with Gasteiger partial charge in [-0.2, -0.15) is 0 Å². The molecule has 2 aromatic rings. The number of carbonyl (C=O) groups excluding carboxylic acids is 3. The van der Waals surface area contributed by atoms with E-state index in [0.29, 0.717) is 22.7 Å². The van der Waals surface area contributed by atoms with Gasteiger partial charge in [0.25, 0.3) is 5.91 Å². The van der Waals surface area contributed by atoms with Crippen LogP contribution in [0.1, 0.15) is 16.7 Å². The first-order chi connectivity index (χ1) is 13.8. The van der Waals surface area contributed by atoms with E-state index in [-0.39, 0.29) is 6.42 Å². The highest BCUT2D eigenvalue weighted by molar-refractivity contribution is 6.02. The summed E-state index contributed by atoms with van der Waals surface area (Å²) in [6.45, 7) is 3.23. The number of imide groups is 1. The Morgan fingerprint density at radius 2 is 1.66 bits per heavy atom. The summed E-state index contributed by atoms with van der Waals surface area (Å²) in [5.74, 6) is -0.312. The Bertz CT molecular complexity index is 910. The van der Waals surface area contributed by atoms with E-state index in [1.54, 1.807) is 24.3 Å². The Morgan fingerprint density at radius 3 is 2.31 bits per heavy atom. The van der Waals surface area contributed by atoms with Crippen molar-refractivity contribution < 1.29 is 28.6 Å². The number of carbonyl (C=O) groups is 3. The maximum Gasteiger partial charge on any atom is 0.325 e. The van der Waals surface area contributed by atoms with Crippen LogP contribution in [0.5, 0.6) is 11.5 Å². The molecule has 0 aliphatic rings. The van der Waals surface area contributed by atoms with E-state index < -0.39 is 24.5 Å². The summed E-state index contributed by atoms with van der Waals surface area (Å²) in [6.07, 6.45) is -0.0532. The number of anilines is 1. The highest BCUT2D eigenvalue weighted by atomic mass is 16.5. The maximum atomic E-state index is 11.9. The fourth-order valence-corrected chi connectivity index (χ4v) is 2.62. The van der Waals surface area contributed by atoms with Gasteiger partial charge in [0, 0.05) is 5.69 Å². The minimum atomic E-state index is -0.729. The molecule has 0 spiro atoms. The van der Waals surface area contributed by atoms with Crippen molar-refractivity contribution in [2.75, 3.05) is 26.1 Å². The molecule has 2 rings (SSSR count). The molecule has 154 valence electrons. The van der Waals surface area contributed by atoms with Crippen LogP contribution in [-0.2, 0) is 20.7 Å². The van der Waals surface area contributed by atoms with E-state index in [0.717, 1.165) is 11.1 Å². The molecule has 8 nitrogen and oxygen atoms in total. The van der Waals surface area contributed by atoms with Gasteiger partial charge >= 0.3 is 12.0 Å². The fourth-order valence-electron chi connectivity index (χ4n) is 2.62. The zero-order chi connectivity index (χ0) is 21.4. The number of rotatable bonds is 7. The highest BCUT2D eigenvalue weighted by Gasteiger charge is 2.13. The number of nitrogens with one attached hydrogen (secondary N) is 2. The third-order valence-electron chi connectivity index (χ3n) is 4.04. The highest BCUT2D eigenvalue weighted by Crippen LogP contribution is 2.27. The summed E-state index contributed by atoms with van der Waals surface area (Å²) in [5, 5.41) is 4.70. The monoisotopic (exact) mass is 400 g/mol. The number of hydrogen-bond donors (Lipinski definition) is 2. The summed E-state index contributed by atoms with van der Waals surface area (Å²) in [6, 6.07) is 9.83. The first-order valence-electron chi connectivity index (χ1n) is 8.87. The van der Waals surface area contributed by atoms with Gasteiger partial charge < -0.3 is 19.5 Å². The second-order valence-electron chi connectivity index (χ2n) is 6.35. The molecule has 3 amide bonds. The Hall–Kier alpha value is -3.55. The zero-order valence-electron chi connectivity index (χ0n) is 16.8. The lowest BCUT2D eigenvalue weighted by molar-refractivity contribution is -0.147. The van der Waals surface area contributed by atoms with Gasteiger partial charge in [-0.15, -0.1) is 0 Å². The molecule has 0 unspecified atom stereocenters. The van der Waals surface area contributed by atoms with Crippen molar-refractivity contribution in [2.45, 2.75) is 20.3 Å². The van der Waals surface area contributed by atoms with E-state index in [4.69, 9.17) is 14.2 Å². The predicted octanol–water partition coefficient (Wildman–Crippen LogP) is 2.75. The molecule has 0 saturated heterocycles. The van der Waals surface area contributed by atoms with Crippen LogP contribution in [0.4, 0.5) is 10.5 Å². The number of benzene rings is 2. The number of hydrogen-bond acceptors (Lipinski definition) is 6. The molecular weight excluding hydrogens is 376 g/mol. The van der Waals surface area contributed by atoms with Gasteiger partial charge in [0.05, 0.1) is 20.6 Å². The molecule has 0 aliphatic heterocycles. The molecule has 29 heavy (non-hydrogen) atoms. The second kappa shape index (κ2) is 10.1. The van der Waals surface area contributed by atoms with Crippen LogP contribution in [-0.4, -0.2) is 38.7 Å². The minimum absolute atomic E-state index is 0.0532. The third kappa shape index (κ3) is 6.53. The van der Waals surface area contributed by atoms with E-state index >= 15 is 0 Å². The Balaban J connectivity index is 1.81. The van der Waals surface area contributed by atoms with E-state index in [2.05, 4.69) is 10.6 Å². The molecule has 0 atom stereocenters. The molecule has 2 aromatic carbocycles. The lowest BCUT2D eigenvalue weighted by Crippen LogP contribution is -2.37. The summed E-state index contributed by atoms with van der Waals surface area (Å²) in [5.41, 5.74) is 3.16. The first-order valence-corrected chi connectivity index (χ1v) is 8.87.